The molecular weight excluding hydrogens is 252 g/mol. The van der Waals surface area contributed by atoms with Crippen LogP contribution in [0.3, 0.4) is 0 Å². The number of hydrogen-bond donors (Lipinski definition) is 0. The molecule has 0 N–H and O–H groups in total. The molecule has 1 aliphatic heterocycles. The molecule has 0 spiro atoms. The summed E-state index contributed by atoms with van der Waals surface area (Å²) in [6.07, 6.45) is 5.84. The summed E-state index contributed by atoms with van der Waals surface area (Å²) in [6, 6.07) is 11.9. The SMILES string of the molecule is CCC(C)C1OC(c2ccno2)=[C]N1c1ccccc1. The van der Waals surface area contributed by atoms with Crippen molar-refractivity contribution in [3.63, 3.8) is 0 Å². The van der Waals surface area contributed by atoms with Crippen LogP contribution in [0.5, 0.6) is 0 Å². The Balaban J connectivity index is 1.94. The lowest BCUT2D eigenvalue weighted by molar-refractivity contribution is 0.128. The smallest absolute Gasteiger partial charge is 0.203 e. The maximum atomic E-state index is 6.02. The van der Waals surface area contributed by atoms with Crippen molar-refractivity contribution in [3.05, 3.63) is 54.6 Å². The van der Waals surface area contributed by atoms with E-state index in [2.05, 4.69) is 37.3 Å². The van der Waals surface area contributed by atoms with E-state index < -0.39 is 0 Å². The van der Waals surface area contributed by atoms with E-state index in [-0.39, 0.29) is 6.23 Å². The van der Waals surface area contributed by atoms with E-state index in [1.807, 2.05) is 23.1 Å². The van der Waals surface area contributed by atoms with Gasteiger partial charge in [-0.1, -0.05) is 37.2 Å². The van der Waals surface area contributed by atoms with Crippen molar-refractivity contribution in [1.82, 2.24) is 5.16 Å². The van der Waals surface area contributed by atoms with E-state index in [0.717, 1.165) is 12.1 Å². The first-order valence-electron chi connectivity index (χ1n) is 6.85. The van der Waals surface area contributed by atoms with Crippen LogP contribution in [0.1, 0.15) is 26.0 Å². The highest BCUT2D eigenvalue weighted by molar-refractivity contribution is 5.62. The van der Waals surface area contributed by atoms with Gasteiger partial charge < -0.3 is 9.26 Å². The van der Waals surface area contributed by atoms with Gasteiger partial charge in [0.15, 0.2) is 12.0 Å². The predicted molar refractivity (Wildman–Crippen MR) is 76.4 cm³/mol. The number of ether oxygens (including phenoxy) is 1. The fourth-order valence-electron chi connectivity index (χ4n) is 2.19. The summed E-state index contributed by atoms with van der Waals surface area (Å²) in [4.78, 5) is 2.03. The highest BCUT2D eigenvalue weighted by Gasteiger charge is 2.33. The normalized spacial score (nSPS) is 19.6. The lowest BCUT2D eigenvalue weighted by atomic mass is 10.1. The third kappa shape index (κ3) is 2.29. The maximum Gasteiger partial charge on any atom is 0.203 e. The molecule has 0 fully saturated rings. The van der Waals surface area contributed by atoms with Gasteiger partial charge >= 0.3 is 0 Å². The summed E-state index contributed by atoms with van der Waals surface area (Å²) in [7, 11) is 0. The third-order valence-electron chi connectivity index (χ3n) is 3.54. The van der Waals surface area contributed by atoms with Gasteiger partial charge in [0, 0.05) is 17.7 Å². The molecule has 1 aliphatic rings. The molecule has 1 aromatic carbocycles. The number of aromatic nitrogens is 1. The van der Waals surface area contributed by atoms with Gasteiger partial charge in [0.25, 0.3) is 0 Å². The molecule has 3 rings (SSSR count). The average molecular weight is 269 g/mol. The fourth-order valence-corrected chi connectivity index (χ4v) is 2.19. The van der Waals surface area contributed by atoms with E-state index in [1.54, 1.807) is 12.3 Å². The van der Waals surface area contributed by atoms with Gasteiger partial charge in [-0.3, -0.25) is 4.90 Å². The number of anilines is 1. The minimum atomic E-state index is -0.0671. The molecule has 2 heterocycles. The van der Waals surface area contributed by atoms with Crippen molar-refractivity contribution in [1.29, 1.82) is 0 Å². The van der Waals surface area contributed by atoms with Crippen LogP contribution in [0.2, 0.25) is 0 Å². The van der Waals surface area contributed by atoms with E-state index in [1.165, 1.54) is 0 Å². The molecule has 1 radical (unpaired) electrons. The van der Waals surface area contributed by atoms with Crippen molar-refractivity contribution in [3.8, 4) is 0 Å². The first-order valence-corrected chi connectivity index (χ1v) is 6.85. The van der Waals surface area contributed by atoms with Crippen molar-refractivity contribution in [2.24, 2.45) is 5.92 Å². The van der Waals surface area contributed by atoms with E-state index in [0.29, 0.717) is 17.4 Å². The Morgan fingerprint density at radius 2 is 2.10 bits per heavy atom. The Kier molecular flexibility index (Phi) is 3.46. The van der Waals surface area contributed by atoms with E-state index >= 15 is 0 Å². The minimum Gasteiger partial charge on any atom is -0.464 e. The van der Waals surface area contributed by atoms with Crippen molar-refractivity contribution in [2.75, 3.05) is 4.90 Å². The van der Waals surface area contributed by atoms with Gasteiger partial charge in [-0.15, -0.1) is 0 Å². The first kappa shape index (κ1) is 12.8. The quantitative estimate of drug-likeness (QED) is 0.848. The highest BCUT2D eigenvalue weighted by Crippen LogP contribution is 2.34. The molecule has 20 heavy (non-hydrogen) atoms. The van der Waals surface area contributed by atoms with Crippen LogP contribution in [0.15, 0.2) is 47.1 Å². The lowest BCUT2D eigenvalue weighted by Gasteiger charge is -2.28. The topological polar surface area (TPSA) is 38.5 Å². The molecule has 4 heteroatoms. The molecule has 0 aliphatic carbocycles. The van der Waals surface area contributed by atoms with Crippen LogP contribution in [-0.4, -0.2) is 11.4 Å². The van der Waals surface area contributed by atoms with Crippen LogP contribution >= 0.6 is 0 Å². The van der Waals surface area contributed by atoms with E-state index in [9.17, 15) is 0 Å². The molecule has 2 aromatic rings. The van der Waals surface area contributed by atoms with Crippen LogP contribution in [-0.2, 0) is 4.74 Å². The van der Waals surface area contributed by atoms with E-state index in [4.69, 9.17) is 9.26 Å². The van der Waals surface area contributed by atoms with Gasteiger partial charge in [-0.25, -0.2) is 0 Å². The Morgan fingerprint density at radius 1 is 1.30 bits per heavy atom. The van der Waals surface area contributed by atoms with Crippen LogP contribution < -0.4 is 4.90 Å². The van der Waals surface area contributed by atoms with Crippen molar-refractivity contribution in [2.45, 2.75) is 26.5 Å². The molecule has 2 atom stereocenters. The second kappa shape index (κ2) is 5.41. The summed E-state index contributed by atoms with van der Waals surface area (Å²) in [5.74, 6) is 1.59. The lowest BCUT2D eigenvalue weighted by Crippen LogP contribution is -2.33. The molecule has 0 bridgehead atoms. The molecule has 0 saturated heterocycles. The third-order valence-corrected chi connectivity index (χ3v) is 3.54. The largest absolute Gasteiger partial charge is 0.464 e. The monoisotopic (exact) mass is 269 g/mol. The zero-order chi connectivity index (χ0) is 13.9. The summed E-state index contributed by atoms with van der Waals surface area (Å²) in [5, 5.41) is 3.72. The van der Waals surface area contributed by atoms with Gasteiger partial charge in [-0.2, -0.15) is 0 Å². The molecule has 4 nitrogen and oxygen atoms in total. The fraction of sp³-hybridized carbons (Fsp3) is 0.312. The van der Waals surface area contributed by atoms with Crippen LogP contribution in [0.4, 0.5) is 5.69 Å². The Morgan fingerprint density at radius 3 is 2.75 bits per heavy atom. The summed E-state index contributed by atoms with van der Waals surface area (Å²) in [5.41, 5.74) is 1.06. The molecular formula is C16H17N2O2. The number of benzene rings is 1. The second-order valence-corrected chi connectivity index (χ2v) is 4.92. The molecule has 103 valence electrons. The van der Waals surface area contributed by atoms with Gasteiger partial charge in [0.2, 0.25) is 5.76 Å². The molecule has 0 saturated carbocycles. The predicted octanol–water partition coefficient (Wildman–Crippen LogP) is 3.69. The second-order valence-electron chi connectivity index (χ2n) is 4.92. The van der Waals surface area contributed by atoms with Crippen LogP contribution in [0.25, 0.3) is 5.76 Å². The molecule has 1 aromatic heterocycles. The zero-order valence-corrected chi connectivity index (χ0v) is 11.6. The highest BCUT2D eigenvalue weighted by atomic mass is 16.5. The van der Waals surface area contributed by atoms with Gasteiger partial charge in [-0.05, 0) is 18.6 Å². The van der Waals surface area contributed by atoms with Crippen molar-refractivity contribution < 1.29 is 9.26 Å². The summed E-state index contributed by atoms with van der Waals surface area (Å²) >= 11 is 0. The zero-order valence-electron chi connectivity index (χ0n) is 11.6. The number of nitrogens with zero attached hydrogens (tertiary/aromatic N) is 2. The van der Waals surface area contributed by atoms with Gasteiger partial charge in [0.1, 0.15) is 6.20 Å². The Bertz CT molecular complexity index is 578. The number of rotatable bonds is 4. The Labute approximate surface area is 118 Å². The molecule has 2 unspecified atom stereocenters. The first-order chi connectivity index (χ1) is 9.79. The standard InChI is InChI=1S/C16H17N2O2/c1-3-12(2)16-18(13-7-5-4-6-8-13)11-15(19-16)14-9-10-17-20-14/h4-10,12,16H,3H2,1-2H3. The average Bonchev–Trinajstić information content (AvgIpc) is 3.16. The van der Waals surface area contributed by atoms with Gasteiger partial charge in [0.05, 0.1) is 6.20 Å². The summed E-state index contributed by atoms with van der Waals surface area (Å²) in [6.45, 7) is 4.33. The Hall–Kier alpha value is -2.23. The summed E-state index contributed by atoms with van der Waals surface area (Å²) < 4.78 is 11.2. The number of hydrogen-bond acceptors (Lipinski definition) is 4. The van der Waals surface area contributed by atoms with Crippen molar-refractivity contribution >= 4 is 11.4 Å². The minimum absolute atomic E-state index is 0.0671. The number of para-hydroxylation sites is 1. The maximum absolute atomic E-state index is 6.02. The molecule has 0 amide bonds. The van der Waals surface area contributed by atoms with Crippen LogP contribution in [0, 0.1) is 12.1 Å².